The number of anilines is 1. The predicted molar refractivity (Wildman–Crippen MR) is 67.8 cm³/mol. The second kappa shape index (κ2) is 4.23. The number of phenols is 1. The molecule has 0 fully saturated rings. The Kier molecular flexibility index (Phi) is 2.97. The normalized spacial score (nSPS) is 11.7. The van der Waals surface area contributed by atoms with Crippen LogP contribution in [-0.4, -0.2) is 29.6 Å². The van der Waals surface area contributed by atoms with Gasteiger partial charge < -0.3 is 10.8 Å². The quantitative estimate of drug-likeness (QED) is 0.855. The minimum Gasteiger partial charge on any atom is -0.504 e. The maximum absolute atomic E-state index is 13.9. The van der Waals surface area contributed by atoms with Crippen LogP contribution in [0.25, 0.3) is 11.1 Å². The average molecular weight is 285 g/mol. The molecule has 19 heavy (non-hydrogen) atoms. The molecule has 1 aromatic carbocycles. The molecule has 6 nitrogen and oxygen atoms in total. The lowest BCUT2D eigenvalue weighted by molar-refractivity contribution is 0.425. The van der Waals surface area contributed by atoms with Crippen LogP contribution in [0.4, 0.5) is 10.2 Å². The van der Waals surface area contributed by atoms with Crippen molar-refractivity contribution >= 4 is 15.7 Å². The second-order valence-corrected chi connectivity index (χ2v) is 6.10. The Hall–Kier alpha value is -2.09. The van der Waals surface area contributed by atoms with Gasteiger partial charge in [-0.1, -0.05) is 0 Å². The Labute approximate surface area is 109 Å². The average Bonchev–Trinajstić information content (AvgIpc) is 2.62. The molecular weight excluding hydrogens is 273 g/mol. The first-order chi connectivity index (χ1) is 8.73. The first-order valence-electron chi connectivity index (χ1n) is 5.23. The van der Waals surface area contributed by atoms with Gasteiger partial charge >= 0.3 is 0 Å². The van der Waals surface area contributed by atoms with Crippen molar-refractivity contribution in [3.8, 4) is 16.9 Å². The molecule has 3 N–H and O–H groups in total. The molecule has 1 aromatic heterocycles. The zero-order chi connectivity index (χ0) is 14.4. The fraction of sp³-hybridized carbons (Fsp3) is 0.182. The van der Waals surface area contributed by atoms with Crippen molar-refractivity contribution in [1.82, 2.24) is 9.78 Å². The lowest BCUT2D eigenvalue weighted by Crippen LogP contribution is -2.02. The molecule has 0 radical (unpaired) electrons. The molecule has 2 aromatic rings. The number of nitrogens with zero attached hydrogens (tertiary/aromatic N) is 2. The van der Waals surface area contributed by atoms with E-state index in [0.29, 0.717) is 5.56 Å². The van der Waals surface area contributed by atoms with Crippen molar-refractivity contribution < 1.29 is 17.9 Å². The zero-order valence-corrected chi connectivity index (χ0v) is 11.1. The maximum Gasteiger partial charge on any atom is 0.184 e. The van der Waals surface area contributed by atoms with E-state index in [1.54, 1.807) is 7.05 Å². The van der Waals surface area contributed by atoms with E-state index < -0.39 is 26.3 Å². The topological polar surface area (TPSA) is 98.2 Å². The molecule has 0 aliphatic rings. The molecule has 0 saturated carbocycles. The van der Waals surface area contributed by atoms with E-state index in [4.69, 9.17) is 5.73 Å². The SMILES string of the molecule is Cn1ncc(-c2ccc(S(C)(=O)=O)c(F)c2O)c1N. The van der Waals surface area contributed by atoms with Crippen LogP contribution in [0.1, 0.15) is 0 Å². The highest BCUT2D eigenvalue weighted by molar-refractivity contribution is 7.90. The summed E-state index contributed by atoms with van der Waals surface area (Å²) < 4.78 is 37.9. The molecule has 0 bridgehead atoms. The summed E-state index contributed by atoms with van der Waals surface area (Å²) in [5, 5.41) is 13.7. The Balaban J connectivity index is 2.70. The molecule has 0 spiro atoms. The van der Waals surface area contributed by atoms with Crippen molar-refractivity contribution in [3.63, 3.8) is 0 Å². The summed E-state index contributed by atoms with van der Waals surface area (Å²) in [5.41, 5.74) is 6.15. The summed E-state index contributed by atoms with van der Waals surface area (Å²) in [6.07, 6.45) is 2.23. The molecule has 0 aliphatic heterocycles. The lowest BCUT2D eigenvalue weighted by atomic mass is 10.1. The number of rotatable bonds is 2. The van der Waals surface area contributed by atoms with Gasteiger partial charge in [0.1, 0.15) is 10.7 Å². The molecule has 8 heteroatoms. The highest BCUT2D eigenvalue weighted by Crippen LogP contribution is 2.36. The van der Waals surface area contributed by atoms with Gasteiger partial charge in [-0.3, -0.25) is 4.68 Å². The van der Waals surface area contributed by atoms with Crippen molar-refractivity contribution in [1.29, 1.82) is 0 Å². The molecule has 0 unspecified atom stereocenters. The summed E-state index contributed by atoms with van der Waals surface area (Å²) in [4.78, 5) is -0.559. The van der Waals surface area contributed by atoms with Crippen LogP contribution in [0.15, 0.2) is 23.2 Å². The molecule has 1 heterocycles. The maximum atomic E-state index is 13.9. The minimum atomic E-state index is -3.75. The fourth-order valence-corrected chi connectivity index (χ4v) is 2.44. The summed E-state index contributed by atoms with van der Waals surface area (Å²) in [7, 11) is -2.15. The number of aromatic hydroxyl groups is 1. The van der Waals surface area contributed by atoms with Gasteiger partial charge in [-0.05, 0) is 12.1 Å². The van der Waals surface area contributed by atoms with Crippen molar-refractivity contribution in [3.05, 3.63) is 24.1 Å². The third-order valence-electron chi connectivity index (χ3n) is 2.76. The number of phenolic OH excluding ortho intramolecular Hbond substituents is 1. The van der Waals surface area contributed by atoms with Gasteiger partial charge in [-0.25, -0.2) is 12.8 Å². The number of aromatic nitrogens is 2. The predicted octanol–water partition coefficient (Wildman–Crippen LogP) is 0.917. The van der Waals surface area contributed by atoms with Crippen LogP contribution >= 0.6 is 0 Å². The summed E-state index contributed by atoms with van der Waals surface area (Å²) in [6.45, 7) is 0. The number of halogens is 1. The number of hydrogen-bond acceptors (Lipinski definition) is 5. The molecular formula is C11H12FN3O3S. The van der Waals surface area contributed by atoms with E-state index >= 15 is 0 Å². The molecule has 0 atom stereocenters. The minimum absolute atomic E-state index is 0.0931. The van der Waals surface area contributed by atoms with E-state index in [2.05, 4.69) is 5.10 Å². The smallest absolute Gasteiger partial charge is 0.184 e. The number of nitrogen functional groups attached to an aromatic ring is 1. The van der Waals surface area contributed by atoms with E-state index in [1.807, 2.05) is 0 Å². The van der Waals surface area contributed by atoms with Gasteiger partial charge in [-0.2, -0.15) is 5.10 Å². The van der Waals surface area contributed by atoms with Crippen LogP contribution in [0.5, 0.6) is 5.75 Å². The number of sulfone groups is 1. The van der Waals surface area contributed by atoms with Crippen molar-refractivity contribution in [2.24, 2.45) is 7.05 Å². The van der Waals surface area contributed by atoms with Crippen molar-refractivity contribution in [2.45, 2.75) is 4.90 Å². The third-order valence-corrected chi connectivity index (χ3v) is 3.87. The summed E-state index contributed by atoms with van der Waals surface area (Å²) in [5.74, 6) is -1.72. The molecule has 0 aliphatic carbocycles. The summed E-state index contributed by atoms with van der Waals surface area (Å²) in [6, 6.07) is 2.38. The molecule has 0 amide bonds. The Morgan fingerprint density at radius 2 is 2.00 bits per heavy atom. The van der Waals surface area contributed by atoms with E-state index in [9.17, 15) is 17.9 Å². The summed E-state index contributed by atoms with van der Waals surface area (Å²) >= 11 is 0. The Morgan fingerprint density at radius 1 is 1.37 bits per heavy atom. The van der Waals surface area contributed by atoms with Gasteiger partial charge in [0.25, 0.3) is 0 Å². The van der Waals surface area contributed by atoms with Crippen LogP contribution in [0, 0.1) is 5.82 Å². The number of hydrogen-bond donors (Lipinski definition) is 2. The number of benzene rings is 1. The Bertz CT molecular complexity index is 753. The van der Waals surface area contributed by atoms with Gasteiger partial charge in [0.2, 0.25) is 0 Å². The van der Waals surface area contributed by atoms with E-state index in [-0.39, 0.29) is 11.4 Å². The van der Waals surface area contributed by atoms with Crippen LogP contribution in [0.2, 0.25) is 0 Å². The van der Waals surface area contributed by atoms with E-state index in [0.717, 1.165) is 12.3 Å². The van der Waals surface area contributed by atoms with E-state index in [1.165, 1.54) is 16.9 Å². The largest absolute Gasteiger partial charge is 0.504 e. The van der Waals surface area contributed by atoms with Gasteiger partial charge in [-0.15, -0.1) is 0 Å². The standard InChI is InChI=1S/C11H12FN3O3S/c1-15-11(13)7(5-14-15)6-3-4-8(19(2,17)18)9(12)10(6)16/h3-5,16H,13H2,1-2H3. The van der Waals surface area contributed by atoms with Crippen molar-refractivity contribution in [2.75, 3.05) is 12.0 Å². The lowest BCUT2D eigenvalue weighted by Gasteiger charge is -2.08. The monoisotopic (exact) mass is 285 g/mol. The highest BCUT2D eigenvalue weighted by atomic mass is 32.2. The number of aryl methyl sites for hydroxylation is 1. The molecule has 102 valence electrons. The third kappa shape index (κ3) is 2.14. The van der Waals surface area contributed by atoms with Gasteiger partial charge in [0.15, 0.2) is 21.4 Å². The molecule has 2 rings (SSSR count). The van der Waals surface area contributed by atoms with Gasteiger partial charge in [0.05, 0.1) is 6.20 Å². The second-order valence-electron chi connectivity index (χ2n) is 4.11. The Morgan fingerprint density at radius 3 is 2.47 bits per heavy atom. The first-order valence-corrected chi connectivity index (χ1v) is 7.12. The molecule has 0 saturated heterocycles. The zero-order valence-electron chi connectivity index (χ0n) is 10.3. The van der Waals surface area contributed by atoms with Gasteiger partial charge in [0, 0.05) is 24.4 Å². The fourth-order valence-electron chi connectivity index (χ4n) is 1.70. The van der Waals surface area contributed by atoms with Crippen LogP contribution in [-0.2, 0) is 16.9 Å². The van der Waals surface area contributed by atoms with Crippen LogP contribution in [0.3, 0.4) is 0 Å². The highest BCUT2D eigenvalue weighted by Gasteiger charge is 2.22. The van der Waals surface area contributed by atoms with Crippen LogP contribution < -0.4 is 5.73 Å². The number of nitrogens with two attached hydrogens (primary N) is 1. The first kappa shape index (κ1) is 13.3.